The van der Waals surface area contributed by atoms with E-state index in [4.69, 9.17) is 0 Å². The molecule has 0 atom stereocenters. The number of Topliss-reactive ketones (excluding diaryl/α,β-unsaturated/α-hetero) is 1. The molecule has 0 spiro atoms. The zero-order valence-electron chi connectivity index (χ0n) is 14.3. The fourth-order valence-electron chi connectivity index (χ4n) is 2.52. The normalized spacial score (nSPS) is 12.0. The molecule has 132 valence electrons. The van der Waals surface area contributed by atoms with Gasteiger partial charge in [-0.1, -0.05) is 36.4 Å². The lowest BCUT2D eigenvalue weighted by Gasteiger charge is -2.04. The summed E-state index contributed by atoms with van der Waals surface area (Å²) >= 11 is 0. The standard InChI is InChI=1S/C20H14N4O3/c1-13(25)18(19(26)14-7-3-2-4-8-14)23-22-16-11-15(12-21)17-9-5-6-10-24(17)20(16)27/h2-11,26H,1H3/b19-18-,23-22?. The van der Waals surface area contributed by atoms with Crippen molar-refractivity contribution < 1.29 is 9.90 Å². The van der Waals surface area contributed by atoms with Crippen molar-refractivity contribution in [2.75, 3.05) is 0 Å². The van der Waals surface area contributed by atoms with Crippen LogP contribution in [0, 0.1) is 11.3 Å². The van der Waals surface area contributed by atoms with E-state index in [0.29, 0.717) is 11.1 Å². The molecule has 3 rings (SSSR count). The van der Waals surface area contributed by atoms with Crippen LogP contribution >= 0.6 is 0 Å². The molecule has 1 aromatic carbocycles. The van der Waals surface area contributed by atoms with Gasteiger partial charge in [0.2, 0.25) is 0 Å². The molecule has 1 N–H and O–H groups in total. The summed E-state index contributed by atoms with van der Waals surface area (Å²) in [6.07, 6.45) is 1.51. The number of pyridine rings is 2. The van der Waals surface area contributed by atoms with Crippen LogP contribution in [-0.2, 0) is 4.79 Å². The second-order valence-electron chi connectivity index (χ2n) is 5.64. The number of hydrogen-bond donors (Lipinski definition) is 1. The number of allylic oxidation sites excluding steroid dienone is 1. The lowest BCUT2D eigenvalue weighted by molar-refractivity contribution is -0.113. The van der Waals surface area contributed by atoms with Gasteiger partial charge in [-0.05, 0) is 18.2 Å². The van der Waals surface area contributed by atoms with E-state index in [0.717, 1.165) is 0 Å². The van der Waals surface area contributed by atoms with Crippen LogP contribution in [0.3, 0.4) is 0 Å². The number of aliphatic hydroxyl groups excluding tert-OH is 1. The predicted molar refractivity (Wildman–Crippen MR) is 99.6 cm³/mol. The molecule has 0 fully saturated rings. The van der Waals surface area contributed by atoms with Gasteiger partial charge >= 0.3 is 0 Å². The summed E-state index contributed by atoms with van der Waals surface area (Å²) in [7, 11) is 0. The topological polar surface area (TPSA) is 107 Å². The van der Waals surface area contributed by atoms with Crippen molar-refractivity contribution in [3.8, 4) is 6.07 Å². The summed E-state index contributed by atoms with van der Waals surface area (Å²) in [5.74, 6) is -0.852. The summed E-state index contributed by atoms with van der Waals surface area (Å²) in [5.41, 5.74) is 0.195. The molecule has 3 aromatic rings. The minimum atomic E-state index is -0.512. The average Bonchev–Trinajstić information content (AvgIpc) is 2.70. The van der Waals surface area contributed by atoms with E-state index in [1.54, 1.807) is 48.5 Å². The SMILES string of the molecule is CC(=O)/C(N=Nc1cc(C#N)c2ccccn2c1=O)=C(/O)c1ccccc1. The Bertz CT molecular complexity index is 1190. The lowest BCUT2D eigenvalue weighted by atomic mass is 10.1. The molecule has 2 heterocycles. The smallest absolute Gasteiger partial charge is 0.282 e. The Labute approximate surface area is 154 Å². The highest BCUT2D eigenvalue weighted by atomic mass is 16.3. The third-order valence-corrected chi connectivity index (χ3v) is 3.84. The molecule has 7 heteroatoms. The van der Waals surface area contributed by atoms with Crippen LogP contribution in [-0.4, -0.2) is 15.3 Å². The number of ketones is 1. The molecule has 0 aliphatic rings. The molecule has 0 aliphatic heterocycles. The highest BCUT2D eigenvalue weighted by Crippen LogP contribution is 2.20. The Morgan fingerprint density at radius 3 is 2.52 bits per heavy atom. The number of aromatic nitrogens is 1. The minimum absolute atomic E-state index is 0.116. The van der Waals surface area contributed by atoms with Crippen molar-refractivity contribution in [2.24, 2.45) is 10.2 Å². The number of benzene rings is 1. The van der Waals surface area contributed by atoms with Gasteiger partial charge < -0.3 is 5.11 Å². The van der Waals surface area contributed by atoms with Gasteiger partial charge in [0.05, 0.1) is 11.1 Å². The van der Waals surface area contributed by atoms with Crippen LogP contribution in [0.1, 0.15) is 18.1 Å². The van der Waals surface area contributed by atoms with Gasteiger partial charge in [-0.3, -0.25) is 14.0 Å². The monoisotopic (exact) mass is 358 g/mol. The van der Waals surface area contributed by atoms with Crippen LogP contribution < -0.4 is 5.56 Å². The third-order valence-electron chi connectivity index (χ3n) is 3.84. The van der Waals surface area contributed by atoms with Crippen molar-refractivity contribution in [1.29, 1.82) is 5.26 Å². The van der Waals surface area contributed by atoms with E-state index < -0.39 is 11.3 Å². The molecule has 0 saturated heterocycles. The average molecular weight is 358 g/mol. The Morgan fingerprint density at radius 2 is 1.85 bits per heavy atom. The first kappa shape index (κ1) is 17.8. The Kier molecular flexibility index (Phi) is 4.90. The lowest BCUT2D eigenvalue weighted by Crippen LogP contribution is -2.13. The summed E-state index contributed by atoms with van der Waals surface area (Å²) in [6.45, 7) is 1.24. The number of nitriles is 1. The van der Waals surface area contributed by atoms with E-state index in [2.05, 4.69) is 10.2 Å². The van der Waals surface area contributed by atoms with Gasteiger partial charge in [-0.15, -0.1) is 10.2 Å². The van der Waals surface area contributed by atoms with Crippen molar-refractivity contribution in [3.63, 3.8) is 0 Å². The first-order valence-electron chi connectivity index (χ1n) is 7.98. The number of azo groups is 1. The zero-order chi connectivity index (χ0) is 19.4. The van der Waals surface area contributed by atoms with Gasteiger partial charge in [0.1, 0.15) is 6.07 Å². The van der Waals surface area contributed by atoms with Gasteiger partial charge in [0.25, 0.3) is 5.56 Å². The predicted octanol–water partition coefficient (Wildman–Crippen LogP) is 3.77. The molecule has 0 aliphatic carbocycles. The Morgan fingerprint density at radius 1 is 1.15 bits per heavy atom. The van der Waals surface area contributed by atoms with Gasteiger partial charge in [0, 0.05) is 18.7 Å². The Hall–Kier alpha value is -4.05. The molecule has 0 unspecified atom stereocenters. The van der Waals surface area contributed by atoms with E-state index in [-0.39, 0.29) is 22.7 Å². The number of carbonyl (C=O) groups is 1. The fraction of sp³-hybridized carbons (Fsp3) is 0.0500. The van der Waals surface area contributed by atoms with Crippen molar-refractivity contribution in [3.05, 3.63) is 88.0 Å². The molecule has 7 nitrogen and oxygen atoms in total. The van der Waals surface area contributed by atoms with Crippen molar-refractivity contribution in [1.82, 2.24) is 4.40 Å². The molecular weight excluding hydrogens is 344 g/mol. The van der Waals surface area contributed by atoms with Gasteiger partial charge in [-0.25, -0.2) is 0 Å². The van der Waals surface area contributed by atoms with Crippen LogP contribution in [0.2, 0.25) is 0 Å². The highest BCUT2D eigenvalue weighted by Gasteiger charge is 2.14. The fourth-order valence-corrected chi connectivity index (χ4v) is 2.52. The summed E-state index contributed by atoms with van der Waals surface area (Å²) in [6, 6.07) is 16.7. The molecule has 0 bridgehead atoms. The minimum Gasteiger partial charge on any atom is -0.505 e. The zero-order valence-corrected chi connectivity index (χ0v) is 14.3. The molecule has 2 aromatic heterocycles. The number of fused-ring (bicyclic) bond motifs is 1. The van der Waals surface area contributed by atoms with Gasteiger partial charge in [-0.2, -0.15) is 5.26 Å². The van der Waals surface area contributed by atoms with E-state index in [1.165, 1.54) is 23.6 Å². The first-order chi connectivity index (χ1) is 13.0. The maximum atomic E-state index is 12.6. The van der Waals surface area contributed by atoms with Crippen LogP contribution in [0.15, 0.2) is 81.5 Å². The van der Waals surface area contributed by atoms with Crippen molar-refractivity contribution >= 4 is 22.7 Å². The maximum absolute atomic E-state index is 12.6. The van der Waals surface area contributed by atoms with Crippen LogP contribution in [0.5, 0.6) is 0 Å². The van der Waals surface area contributed by atoms with E-state index in [1.807, 2.05) is 6.07 Å². The quantitative estimate of drug-likeness (QED) is 0.435. The number of aliphatic hydroxyl groups is 1. The Balaban J connectivity index is 2.14. The van der Waals surface area contributed by atoms with Crippen LogP contribution in [0.25, 0.3) is 11.3 Å². The summed E-state index contributed by atoms with van der Waals surface area (Å²) < 4.78 is 1.28. The van der Waals surface area contributed by atoms with Crippen molar-refractivity contribution in [2.45, 2.75) is 6.92 Å². The second-order valence-corrected chi connectivity index (χ2v) is 5.64. The number of rotatable bonds is 4. The number of hydrogen-bond acceptors (Lipinski definition) is 6. The van der Waals surface area contributed by atoms with E-state index >= 15 is 0 Å². The van der Waals surface area contributed by atoms with Crippen LogP contribution in [0.4, 0.5) is 5.69 Å². The number of nitrogens with zero attached hydrogens (tertiary/aromatic N) is 4. The summed E-state index contributed by atoms with van der Waals surface area (Å²) in [4.78, 5) is 24.4. The molecular formula is C20H14N4O3. The third kappa shape index (κ3) is 3.50. The highest BCUT2D eigenvalue weighted by molar-refractivity contribution is 5.99. The molecule has 27 heavy (non-hydrogen) atoms. The summed E-state index contributed by atoms with van der Waals surface area (Å²) in [5, 5.41) is 27.3. The van der Waals surface area contributed by atoms with Gasteiger partial charge in [0.15, 0.2) is 22.9 Å². The van der Waals surface area contributed by atoms with E-state index in [9.17, 15) is 20.0 Å². The maximum Gasteiger partial charge on any atom is 0.282 e. The first-order valence-corrected chi connectivity index (χ1v) is 7.98. The second kappa shape index (κ2) is 7.45. The largest absolute Gasteiger partial charge is 0.505 e. The molecule has 0 radical (unpaired) electrons. The number of carbonyl (C=O) groups excluding carboxylic acids is 1. The molecule has 0 saturated carbocycles. The molecule has 0 amide bonds.